The fourth-order valence-electron chi connectivity index (χ4n) is 3.83. The summed E-state index contributed by atoms with van der Waals surface area (Å²) >= 11 is 2.95. The standard InChI is InChI=1S/C27H26N2O5S2/c1-3-4-14-35-21-17-36-26-23(28-22(30)15-18-8-6-5-7-9-18)25(31)29(26)24(21)27(32)34-16-19-10-12-20(33-2)13-11-19/h5-13,23,26H,14-17H2,1-2H3,(H,28,30)/t23-,26+/m1/s1. The molecule has 1 N–H and O–H groups in total. The Labute approximate surface area is 219 Å². The number of methoxy groups -OCH3 is 1. The van der Waals surface area contributed by atoms with Crippen LogP contribution in [0, 0.1) is 11.8 Å². The Balaban J connectivity index is 1.46. The number of ether oxygens (including phenoxy) is 2. The van der Waals surface area contributed by atoms with E-state index >= 15 is 0 Å². The Bertz CT molecular complexity index is 1220. The third-order valence-corrected chi connectivity index (χ3v) is 8.11. The van der Waals surface area contributed by atoms with Gasteiger partial charge in [0.25, 0.3) is 5.91 Å². The third kappa shape index (κ3) is 5.89. The van der Waals surface area contributed by atoms with Gasteiger partial charge in [0.05, 0.1) is 19.3 Å². The molecule has 2 heterocycles. The second-order valence-electron chi connectivity index (χ2n) is 8.03. The van der Waals surface area contributed by atoms with E-state index in [1.807, 2.05) is 42.5 Å². The van der Waals surface area contributed by atoms with E-state index in [-0.39, 0.29) is 35.9 Å². The van der Waals surface area contributed by atoms with Crippen LogP contribution >= 0.6 is 23.5 Å². The first-order valence-electron chi connectivity index (χ1n) is 11.4. The molecule has 4 rings (SSSR count). The highest BCUT2D eigenvalue weighted by atomic mass is 32.2. The maximum atomic E-state index is 13.2. The normalized spacial score (nSPS) is 18.4. The first kappa shape index (κ1) is 25.7. The van der Waals surface area contributed by atoms with Crippen LogP contribution in [0.5, 0.6) is 5.75 Å². The number of nitrogens with zero attached hydrogens (tertiary/aromatic N) is 1. The molecule has 2 aromatic rings. The highest BCUT2D eigenvalue weighted by molar-refractivity contribution is 8.06. The molecule has 1 fully saturated rings. The van der Waals surface area contributed by atoms with Gasteiger partial charge in [-0.3, -0.25) is 14.5 Å². The van der Waals surface area contributed by atoms with Gasteiger partial charge < -0.3 is 14.8 Å². The van der Waals surface area contributed by atoms with E-state index in [2.05, 4.69) is 17.2 Å². The Morgan fingerprint density at radius 2 is 1.89 bits per heavy atom. The molecule has 36 heavy (non-hydrogen) atoms. The lowest BCUT2D eigenvalue weighted by Gasteiger charge is -2.49. The van der Waals surface area contributed by atoms with Gasteiger partial charge in [-0.15, -0.1) is 29.4 Å². The number of amides is 2. The van der Waals surface area contributed by atoms with E-state index in [0.29, 0.717) is 17.3 Å². The zero-order valence-corrected chi connectivity index (χ0v) is 21.6. The number of thioether (sulfide) groups is 2. The van der Waals surface area contributed by atoms with Crippen LogP contribution in [0.3, 0.4) is 0 Å². The number of esters is 1. The average Bonchev–Trinajstić information content (AvgIpc) is 2.91. The maximum Gasteiger partial charge on any atom is 0.356 e. The van der Waals surface area contributed by atoms with E-state index in [9.17, 15) is 14.4 Å². The fraction of sp³-hybridized carbons (Fsp3) is 0.296. The van der Waals surface area contributed by atoms with Crippen molar-refractivity contribution >= 4 is 41.3 Å². The van der Waals surface area contributed by atoms with Gasteiger partial charge in [0.15, 0.2) is 0 Å². The van der Waals surface area contributed by atoms with Crippen molar-refractivity contribution in [3.63, 3.8) is 0 Å². The number of hydrogen-bond donors (Lipinski definition) is 1. The summed E-state index contributed by atoms with van der Waals surface area (Å²) in [6, 6.07) is 15.9. The summed E-state index contributed by atoms with van der Waals surface area (Å²) in [4.78, 5) is 41.1. The van der Waals surface area contributed by atoms with Gasteiger partial charge in [0, 0.05) is 10.7 Å². The van der Waals surface area contributed by atoms with Gasteiger partial charge in [0.1, 0.15) is 29.5 Å². The van der Waals surface area contributed by atoms with Crippen LogP contribution in [-0.4, -0.2) is 52.7 Å². The molecular weight excluding hydrogens is 496 g/mol. The van der Waals surface area contributed by atoms with Crippen LogP contribution in [0.25, 0.3) is 0 Å². The maximum absolute atomic E-state index is 13.2. The SMILES string of the molecule is CC#CCSC1=C(C(=O)OCc2ccc(OC)cc2)N2C(=O)[C@@H](NC(=O)Cc3ccccc3)[C@@H]2SC1. The molecule has 0 aliphatic carbocycles. The minimum absolute atomic E-state index is 0.0656. The van der Waals surface area contributed by atoms with Crippen LogP contribution in [0.1, 0.15) is 18.1 Å². The monoisotopic (exact) mass is 522 g/mol. The molecule has 7 nitrogen and oxygen atoms in total. The summed E-state index contributed by atoms with van der Waals surface area (Å²) < 4.78 is 10.8. The number of carbonyl (C=O) groups is 3. The molecule has 0 radical (unpaired) electrons. The lowest BCUT2D eigenvalue weighted by molar-refractivity contribution is -0.153. The van der Waals surface area contributed by atoms with Gasteiger partial charge in [-0.2, -0.15) is 0 Å². The summed E-state index contributed by atoms with van der Waals surface area (Å²) in [7, 11) is 1.59. The first-order chi connectivity index (χ1) is 17.5. The molecule has 186 valence electrons. The van der Waals surface area contributed by atoms with E-state index in [0.717, 1.165) is 16.0 Å². The van der Waals surface area contributed by atoms with E-state index < -0.39 is 12.0 Å². The van der Waals surface area contributed by atoms with Crippen LogP contribution < -0.4 is 10.1 Å². The summed E-state index contributed by atoms with van der Waals surface area (Å²) in [6.07, 6.45) is 0.186. The predicted molar refractivity (Wildman–Crippen MR) is 141 cm³/mol. The zero-order chi connectivity index (χ0) is 25.5. The van der Waals surface area contributed by atoms with Crippen molar-refractivity contribution < 1.29 is 23.9 Å². The smallest absolute Gasteiger partial charge is 0.356 e. The number of hydrogen-bond acceptors (Lipinski definition) is 7. The molecule has 0 aromatic heterocycles. The lowest BCUT2D eigenvalue weighted by Crippen LogP contribution is -2.70. The topological polar surface area (TPSA) is 84.9 Å². The fourth-order valence-corrected chi connectivity index (χ4v) is 6.27. The molecular formula is C27H26N2O5S2. The average molecular weight is 523 g/mol. The minimum atomic E-state index is -0.683. The van der Waals surface area contributed by atoms with Crippen molar-refractivity contribution in [3.05, 3.63) is 76.3 Å². The van der Waals surface area contributed by atoms with Crippen LogP contribution in [0.15, 0.2) is 65.2 Å². The van der Waals surface area contributed by atoms with Crippen molar-refractivity contribution in [1.82, 2.24) is 10.2 Å². The number of benzene rings is 2. The summed E-state index contributed by atoms with van der Waals surface area (Å²) in [6.45, 7) is 1.82. The predicted octanol–water partition coefficient (Wildman–Crippen LogP) is 3.35. The minimum Gasteiger partial charge on any atom is -0.497 e. The van der Waals surface area contributed by atoms with Gasteiger partial charge in [0.2, 0.25) is 5.91 Å². The largest absolute Gasteiger partial charge is 0.497 e. The molecule has 2 aliphatic rings. The molecule has 2 aromatic carbocycles. The highest BCUT2D eigenvalue weighted by Crippen LogP contribution is 2.43. The molecule has 1 saturated heterocycles. The summed E-state index contributed by atoms with van der Waals surface area (Å²) in [5.41, 5.74) is 1.92. The number of carbonyl (C=O) groups excluding carboxylic acids is 3. The number of rotatable bonds is 9. The Kier molecular flexibility index (Phi) is 8.62. The summed E-state index contributed by atoms with van der Waals surface area (Å²) in [5.74, 6) is 6.46. The molecule has 2 amide bonds. The van der Waals surface area contributed by atoms with E-state index in [1.54, 1.807) is 26.2 Å². The zero-order valence-electron chi connectivity index (χ0n) is 20.0. The van der Waals surface area contributed by atoms with Crippen LogP contribution in [-0.2, 0) is 32.1 Å². The molecule has 2 aliphatic heterocycles. The Morgan fingerprint density at radius 1 is 1.14 bits per heavy atom. The quantitative estimate of drug-likeness (QED) is 0.307. The van der Waals surface area contributed by atoms with Crippen molar-refractivity contribution in [3.8, 4) is 17.6 Å². The van der Waals surface area contributed by atoms with Gasteiger partial charge in [-0.25, -0.2) is 4.79 Å². The first-order valence-corrected chi connectivity index (χ1v) is 13.4. The van der Waals surface area contributed by atoms with Crippen molar-refractivity contribution in [2.45, 2.75) is 31.4 Å². The molecule has 2 atom stereocenters. The Hall–Kier alpha value is -3.35. The van der Waals surface area contributed by atoms with Gasteiger partial charge in [-0.05, 0) is 30.2 Å². The molecule has 0 unspecified atom stereocenters. The van der Waals surface area contributed by atoms with Crippen LogP contribution in [0.2, 0.25) is 0 Å². The lowest BCUT2D eigenvalue weighted by atomic mass is 10.0. The second kappa shape index (κ2) is 12.1. The molecule has 0 spiro atoms. The number of nitrogens with one attached hydrogen (secondary N) is 1. The van der Waals surface area contributed by atoms with Gasteiger partial charge in [-0.1, -0.05) is 48.4 Å². The Morgan fingerprint density at radius 3 is 2.58 bits per heavy atom. The number of β-lactam (4-membered cyclic amide) rings is 1. The van der Waals surface area contributed by atoms with Crippen molar-refractivity contribution in [2.24, 2.45) is 0 Å². The van der Waals surface area contributed by atoms with Crippen molar-refractivity contribution in [2.75, 3.05) is 18.6 Å². The molecule has 0 bridgehead atoms. The third-order valence-electron chi connectivity index (χ3n) is 5.68. The van der Waals surface area contributed by atoms with Gasteiger partial charge >= 0.3 is 5.97 Å². The highest BCUT2D eigenvalue weighted by Gasteiger charge is 2.54. The molecule has 0 saturated carbocycles. The van der Waals surface area contributed by atoms with Crippen molar-refractivity contribution in [1.29, 1.82) is 0 Å². The van der Waals surface area contributed by atoms with E-state index in [1.165, 1.54) is 28.4 Å². The summed E-state index contributed by atoms with van der Waals surface area (Å²) in [5, 5.41) is 2.48. The van der Waals surface area contributed by atoms with E-state index in [4.69, 9.17) is 9.47 Å². The number of fused-ring (bicyclic) bond motifs is 1. The second-order valence-corrected chi connectivity index (χ2v) is 10.2. The molecule has 9 heteroatoms. The van der Waals surface area contributed by atoms with Crippen LogP contribution in [0.4, 0.5) is 0 Å².